The van der Waals surface area contributed by atoms with Crippen molar-refractivity contribution in [3.8, 4) is 22.3 Å². The van der Waals surface area contributed by atoms with Gasteiger partial charge in [-0.1, -0.05) is 54.1 Å². The minimum absolute atomic E-state index is 0.0475. The number of esters is 1. The summed E-state index contributed by atoms with van der Waals surface area (Å²) in [6.45, 7) is 11.8. The van der Waals surface area contributed by atoms with Crippen molar-refractivity contribution in [1.82, 2.24) is 0 Å². The van der Waals surface area contributed by atoms with E-state index in [-0.39, 0.29) is 5.91 Å². The van der Waals surface area contributed by atoms with Crippen LogP contribution in [0.2, 0.25) is 0 Å². The zero-order valence-corrected chi connectivity index (χ0v) is 22.2. The molecule has 0 aliphatic carbocycles. The van der Waals surface area contributed by atoms with Gasteiger partial charge in [-0.3, -0.25) is 4.79 Å². The summed E-state index contributed by atoms with van der Waals surface area (Å²) in [6, 6.07) is 16.5. The standard InChI is InChI=1S/C31H35NO4/c1-18-12-14-22(15-13-18)25-19(2)26-23-11-9-8-10-21(23)16-17-24(33)32-28(26)20(3)27(25)29(30(34)35-7)36-31(4,5)6/h8-15,29H,16-17H2,1-7H3,(H,32,33)/t29-/m0/s1. The Hall–Kier alpha value is -3.44. The molecular formula is C31H35NO4. The zero-order valence-electron chi connectivity index (χ0n) is 22.2. The van der Waals surface area contributed by atoms with Gasteiger partial charge in [0, 0.05) is 17.5 Å². The molecule has 1 amide bonds. The van der Waals surface area contributed by atoms with Gasteiger partial charge in [0.25, 0.3) is 0 Å². The van der Waals surface area contributed by atoms with Crippen molar-refractivity contribution in [2.75, 3.05) is 12.4 Å². The minimum atomic E-state index is -0.965. The summed E-state index contributed by atoms with van der Waals surface area (Å²) in [5.41, 5.74) is 8.89. The van der Waals surface area contributed by atoms with Crippen LogP contribution in [0.1, 0.15) is 61.1 Å². The Labute approximate surface area is 213 Å². The molecule has 0 bridgehead atoms. The molecule has 1 N–H and O–H groups in total. The van der Waals surface area contributed by atoms with Gasteiger partial charge in [0.05, 0.1) is 18.4 Å². The maximum absolute atomic E-state index is 13.2. The molecule has 1 aliphatic heterocycles. The molecule has 4 rings (SSSR count). The van der Waals surface area contributed by atoms with Gasteiger partial charge in [-0.05, 0) is 81.3 Å². The van der Waals surface area contributed by atoms with Crippen LogP contribution in [0.25, 0.3) is 22.3 Å². The Morgan fingerprint density at radius 3 is 2.22 bits per heavy atom. The highest BCUT2D eigenvalue weighted by atomic mass is 16.6. The molecule has 3 aromatic rings. The predicted octanol–water partition coefficient (Wildman–Crippen LogP) is 6.86. The van der Waals surface area contributed by atoms with E-state index in [1.165, 1.54) is 7.11 Å². The van der Waals surface area contributed by atoms with E-state index in [0.717, 1.165) is 55.8 Å². The summed E-state index contributed by atoms with van der Waals surface area (Å²) in [5.74, 6) is -0.521. The number of amides is 1. The molecule has 0 radical (unpaired) electrons. The maximum Gasteiger partial charge on any atom is 0.339 e. The average molecular weight is 486 g/mol. The van der Waals surface area contributed by atoms with Gasteiger partial charge >= 0.3 is 5.97 Å². The number of aryl methyl sites for hydroxylation is 2. The van der Waals surface area contributed by atoms with Crippen molar-refractivity contribution >= 4 is 17.6 Å². The molecule has 0 saturated heterocycles. The molecule has 1 heterocycles. The third kappa shape index (κ3) is 4.93. The summed E-state index contributed by atoms with van der Waals surface area (Å²) in [6.07, 6.45) is 0.0930. The number of fused-ring (bicyclic) bond motifs is 3. The van der Waals surface area contributed by atoms with Gasteiger partial charge < -0.3 is 14.8 Å². The molecule has 3 aromatic carbocycles. The van der Waals surface area contributed by atoms with Gasteiger partial charge in [-0.2, -0.15) is 0 Å². The average Bonchev–Trinajstić information content (AvgIpc) is 2.82. The van der Waals surface area contributed by atoms with Crippen molar-refractivity contribution in [3.63, 3.8) is 0 Å². The molecule has 36 heavy (non-hydrogen) atoms. The monoisotopic (exact) mass is 485 g/mol. The first-order valence-electron chi connectivity index (χ1n) is 12.4. The van der Waals surface area contributed by atoms with Crippen molar-refractivity contribution in [3.05, 3.63) is 76.3 Å². The van der Waals surface area contributed by atoms with E-state index >= 15 is 0 Å². The van der Waals surface area contributed by atoms with E-state index in [1.807, 2.05) is 39.8 Å². The number of benzene rings is 3. The molecule has 1 atom stereocenters. The zero-order chi connectivity index (χ0) is 26.2. The van der Waals surface area contributed by atoms with Crippen molar-refractivity contribution in [1.29, 1.82) is 0 Å². The molecule has 0 fully saturated rings. The number of carbonyl (C=O) groups excluding carboxylic acids is 2. The lowest BCUT2D eigenvalue weighted by atomic mass is 9.80. The highest BCUT2D eigenvalue weighted by molar-refractivity contribution is 6.02. The largest absolute Gasteiger partial charge is 0.467 e. The molecular weight excluding hydrogens is 450 g/mol. The number of methoxy groups -OCH3 is 1. The molecule has 0 unspecified atom stereocenters. The smallest absolute Gasteiger partial charge is 0.339 e. The van der Waals surface area contributed by atoms with Crippen LogP contribution in [0.3, 0.4) is 0 Å². The first-order valence-corrected chi connectivity index (χ1v) is 12.4. The summed E-state index contributed by atoms with van der Waals surface area (Å²) in [4.78, 5) is 26.1. The summed E-state index contributed by atoms with van der Waals surface area (Å²) in [7, 11) is 1.38. The number of hydrogen-bond donors (Lipinski definition) is 1. The predicted molar refractivity (Wildman–Crippen MR) is 144 cm³/mol. The molecule has 5 nitrogen and oxygen atoms in total. The van der Waals surface area contributed by atoms with Crippen molar-refractivity contribution in [2.24, 2.45) is 0 Å². The quantitative estimate of drug-likeness (QED) is 0.410. The fraction of sp³-hybridized carbons (Fsp3) is 0.355. The van der Waals surface area contributed by atoms with Gasteiger partial charge in [-0.25, -0.2) is 4.79 Å². The molecule has 5 heteroatoms. The lowest BCUT2D eigenvalue weighted by molar-refractivity contribution is -0.164. The number of carbonyl (C=O) groups is 2. The minimum Gasteiger partial charge on any atom is -0.467 e. The molecule has 188 valence electrons. The fourth-order valence-electron chi connectivity index (χ4n) is 5.05. The van der Waals surface area contributed by atoms with Gasteiger partial charge in [0.15, 0.2) is 6.10 Å². The van der Waals surface area contributed by atoms with Crippen LogP contribution in [0.15, 0.2) is 48.5 Å². The summed E-state index contributed by atoms with van der Waals surface area (Å²) >= 11 is 0. The topological polar surface area (TPSA) is 64.6 Å². The van der Waals surface area contributed by atoms with Gasteiger partial charge in [0.2, 0.25) is 5.91 Å². The van der Waals surface area contributed by atoms with Crippen LogP contribution in [0, 0.1) is 20.8 Å². The van der Waals surface area contributed by atoms with Crippen molar-refractivity contribution in [2.45, 2.75) is 66.1 Å². The Balaban J connectivity index is 2.15. The number of ether oxygens (including phenoxy) is 2. The van der Waals surface area contributed by atoms with Crippen LogP contribution < -0.4 is 5.32 Å². The van der Waals surface area contributed by atoms with E-state index < -0.39 is 17.7 Å². The molecule has 1 aliphatic rings. The highest BCUT2D eigenvalue weighted by Gasteiger charge is 2.35. The fourth-order valence-corrected chi connectivity index (χ4v) is 5.05. The Morgan fingerprint density at radius 2 is 1.58 bits per heavy atom. The Kier molecular flexibility index (Phi) is 7.05. The SMILES string of the molecule is COC(=O)[C@@H](OC(C)(C)C)c1c(C)c2c(c(C)c1-c1ccc(C)cc1)-c1ccccc1CCC(=O)N2. The highest BCUT2D eigenvalue weighted by Crippen LogP contribution is 2.48. The Morgan fingerprint density at radius 1 is 0.917 bits per heavy atom. The van der Waals surface area contributed by atoms with Gasteiger partial charge in [0.1, 0.15) is 0 Å². The normalized spacial score (nSPS) is 14.1. The molecule has 0 saturated carbocycles. The lowest BCUT2D eigenvalue weighted by Crippen LogP contribution is -2.30. The molecule has 0 spiro atoms. The van der Waals surface area contributed by atoms with E-state index in [9.17, 15) is 9.59 Å². The van der Waals surface area contributed by atoms with Gasteiger partial charge in [-0.15, -0.1) is 0 Å². The summed E-state index contributed by atoms with van der Waals surface area (Å²) in [5, 5.41) is 3.17. The Bertz CT molecular complexity index is 1320. The van der Waals surface area contributed by atoms with Crippen LogP contribution in [0.4, 0.5) is 5.69 Å². The molecule has 0 aromatic heterocycles. The third-order valence-corrected chi connectivity index (χ3v) is 6.71. The second-order valence-corrected chi connectivity index (χ2v) is 10.5. The lowest BCUT2D eigenvalue weighted by Gasteiger charge is -2.32. The van der Waals surface area contributed by atoms with E-state index in [2.05, 4.69) is 55.6 Å². The number of hydrogen-bond acceptors (Lipinski definition) is 4. The summed E-state index contributed by atoms with van der Waals surface area (Å²) < 4.78 is 11.6. The second kappa shape index (κ2) is 9.90. The van der Waals surface area contributed by atoms with Crippen LogP contribution in [0.5, 0.6) is 0 Å². The van der Waals surface area contributed by atoms with Crippen molar-refractivity contribution < 1.29 is 19.1 Å². The van der Waals surface area contributed by atoms with Crippen LogP contribution >= 0.6 is 0 Å². The maximum atomic E-state index is 13.2. The first-order chi connectivity index (χ1) is 17.0. The third-order valence-electron chi connectivity index (χ3n) is 6.71. The van der Waals surface area contributed by atoms with E-state index in [0.29, 0.717) is 12.8 Å². The second-order valence-electron chi connectivity index (χ2n) is 10.5. The van der Waals surface area contributed by atoms with E-state index in [4.69, 9.17) is 9.47 Å². The number of rotatable bonds is 4. The van der Waals surface area contributed by atoms with Crippen LogP contribution in [-0.4, -0.2) is 24.6 Å². The first kappa shape index (κ1) is 25.6. The number of nitrogens with one attached hydrogen (secondary N) is 1. The van der Waals surface area contributed by atoms with E-state index in [1.54, 1.807) is 0 Å². The van der Waals surface area contributed by atoms with Crippen LogP contribution in [-0.2, 0) is 25.5 Å². The number of anilines is 1.